The van der Waals surface area contributed by atoms with E-state index in [-0.39, 0.29) is 17.3 Å². The molecule has 0 aromatic heterocycles. The molecule has 1 saturated heterocycles. The smallest absolute Gasteiger partial charge is 0.257 e. The number of nitrogens with zero attached hydrogens (tertiary/aromatic N) is 2. The van der Waals surface area contributed by atoms with Gasteiger partial charge in [-0.05, 0) is 26.1 Å². The van der Waals surface area contributed by atoms with E-state index in [0.29, 0.717) is 19.6 Å². The van der Waals surface area contributed by atoms with Crippen LogP contribution in [-0.2, 0) is 0 Å². The van der Waals surface area contributed by atoms with E-state index in [9.17, 15) is 13.6 Å². The van der Waals surface area contributed by atoms with Crippen molar-refractivity contribution in [3.8, 4) is 0 Å². The largest absolute Gasteiger partial charge is 0.396 e. The van der Waals surface area contributed by atoms with E-state index in [1.807, 2.05) is 14.0 Å². The predicted molar refractivity (Wildman–Crippen MR) is 68.8 cm³/mol. The van der Waals surface area contributed by atoms with Crippen LogP contribution in [0.4, 0.5) is 14.5 Å². The SMILES string of the molecule is CC1CN(C(=O)c2cc(F)cc(N)c2F)CCN1C. The summed E-state index contributed by atoms with van der Waals surface area (Å²) >= 11 is 0. The Morgan fingerprint density at radius 3 is 2.68 bits per heavy atom. The van der Waals surface area contributed by atoms with E-state index in [1.54, 1.807) is 0 Å². The standard InChI is InChI=1S/C13H17F2N3O/c1-8-7-18(4-3-17(8)2)13(19)10-5-9(14)6-11(16)12(10)15/h5-6,8H,3-4,7,16H2,1-2H3. The molecule has 0 spiro atoms. The highest BCUT2D eigenvalue weighted by molar-refractivity contribution is 5.95. The number of hydrogen-bond acceptors (Lipinski definition) is 3. The Bertz CT molecular complexity index is 507. The lowest BCUT2D eigenvalue weighted by molar-refractivity contribution is 0.0567. The molecular formula is C13H17F2N3O. The minimum absolute atomic E-state index is 0.187. The molecule has 1 unspecified atom stereocenters. The van der Waals surface area contributed by atoms with Crippen LogP contribution >= 0.6 is 0 Å². The van der Waals surface area contributed by atoms with Crippen LogP contribution in [0.25, 0.3) is 0 Å². The first kappa shape index (κ1) is 13.7. The van der Waals surface area contributed by atoms with Gasteiger partial charge in [0.2, 0.25) is 0 Å². The van der Waals surface area contributed by atoms with E-state index < -0.39 is 17.5 Å². The first-order valence-corrected chi connectivity index (χ1v) is 6.14. The lowest BCUT2D eigenvalue weighted by Crippen LogP contribution is -2.52. The van der Waals surface area contributed by atoms with Gasteiger partial charge in [-0.2, -0.15) is 0 Å². The molecule has 1 heterocycles. The minimum atomic E-state index is -0.849. The quantitative estimate of drug-likeness (QED) is 0.782. The van der Waals surface area contributed by atoms with E-state index >= 15 is 0 Å². The zero-order chi connectivity index (χ0) is 14.2. The molecule has 4 nitrogen and oxygen atoms in total. The molecule has 2 N–H and O–H groups in total. The van der Waals surface area contributed by atoms with Crippen molar-refractivity contribution in [3.63, 3.8) is 0 Å². The molecule has 1 aromatic carbocycles. The predicted octanol–water partition coefficient (Wildman–Crippen LogP) is 1.32. The summed E-state index contributed by atoms with van der Waals surface area (Å²) < 4.78 is 27.1. The number of nitrogen functional groups attached to an aromatic ring is 1. The molecule has 0 bridgehead atoms. The number of likely N-dealkylation sites (N-methyl/N-ethyl adjacent to an activating group) is 1. The summed E-state index contributed by atoms with van der Waals surface area (Å²) in [5.41, 5.74) is 4.71. The summed E-state index contributed by atoms with van der Waals surface area (Å²) in [5, 5.41) is 0. The maximum atomic E-state index is 13.8. The molecule has 1 amide bonds. The van der Waals surface area contributed by atoms with Crippen molar-refractivity contribution in [2.24, 2.45) is 0 Å². The zero-order valence-corrected chi connectivity index (χ0v) is 11.0. The van der Waals surface area contributed by atoms with Gasteiger partial charge in [0, 0.05) is 25.7 Å². The molecular weight excluding hydrogens is 252 g/mol. The van der Waals surface area contributed by atoms with Crippen molar-refractivity contribution in [3.05, 3.63) is 29.3 Å². The number of halogens is 2. The Morgan fingerprint density at radius 1 is 1.37 bits per heavy atom. The lowest BCUT2D eigenvalue weighted by atomic mass is 10.1. The molecule has 0 radical (unpaired) electrons. The van der Waals surface area contributed by atoms with Gasteiger partial charge in [-0.3, -0.25) is 4.79 Å². The maximum absolute atomic E-state index is 13.8. The van der Waals surface area contributed by atoms with Crippen LogP contribution in [0.15, 0.2) is 12.1 Å². The van der Waals surface area contributed by atoms with Crippen LogP contribution in [-0.4, -0.2) is 48.4 Å². The Morgan fingerprint density at radius 2 is 2.05 bits per heavy atom. The second kappa shape index (κ2) is 5.13. The molecule has 19 heavy (non-hydrogen) atoms. The molecule has 0 saturated carbocycles. The van der Waals surface area contributed by atoms with Gasteiger partial charge in [-0.1, -0.05) is 0 Å². The van der Waals surface area contributed by atoms with Gasteiger partial charge in [0.1, 0.15) is 5.82 Å². The average Bonchev–Trinajstić information content (AvgIpc) is 2.36. The van der Waals surface area contributed by atoms with Crippen LogP contribution in [0.5, 0.6) is 0 Å². The third-order valence-electron chi connectivity index (χ3n) is 3.54. The number of piperazine rings is 1. The normalized spacial score (nSPS) is 20.6. The fourth-order valence-electron chi connectivity index (χ4n) is 2.17. The van der Waals surface area contributed by atoms with Crippen LogP contribution in [0.2, 0.25) is 0 Å². The molecule has 104 valence electrons. The van der Waals surface area contributed by atoms with Gasteiger partial charge in [-0.25, -0.2) is 8.78 Å². The summed E-state index contributed by atoms with van der Waals surface area (Å²) in [6.07, 6.45) is 0. The molecule has 1 aliphatic rings. The Hall–Kier alpha value is -1.69. The Balaban J connectivity index is 2.25. The van der Waals surface area contributed by atoms with Gasteiger partial charge < -0.3 is 15.5 Å². The topological polar surface area (TPSA) is 49.6 Å². The number of carbonyl (C=O) groups is 1. The number of hydrogen-bond donors (Lipinski definition) is 1. The van der Waals surface area contributed by atoms with Crippen LogP contribution in [0, 0.1) is 11.6 Å². The second-order valence-corrected chi connectivity index (χ2v) is 4.94. The van der Waals surface area contributed by atoms with Crippen molar-refractivity contribution < 1.29 is 13.6 Å². The maximum Gasteiger partial charge on any atom is 0.257 e. The highest BCUT2D eigenvalue weighted by Crippen LogP contribution is 2.20. The van der Waals surface area contributed by atoms with Gasteiger partial charge in [0.15, 0.2) is 5.82 Å². The van der Waals surface area contributed by atoms with Crippen LogP contribution in [0.1, 0.15) is 17.3 Å². The van der Waals surface area contributed by atoms with E-state index in [1.165, 1.54) is 4.90 Å². The van der Waals surface area contributed by atoms with Crippen molar-refractivity contribution >= 4 is 11.6 Å². The van der Waals surface area contributed by atoms with Crippen molar-refractivity contribution in [1.82, 2.24) is 9.80 Å². The minimum Gasteiger partial charge on any atom is -0.396 e. The van der Waals surface area contributed by atoms with Gasteiger partial charge in [0.25, 0.3) is 5.91 Å². The Labute approximate surface area is 110 Å². The summed E-state index contributed by atoms with van der Waals surface area (Å²) in [6.45, 7) is 3.68. The van der Waals surface area contributed by atoms with Crippen molar-refractivity contribution in [1.29, 1.82) is 0 Å². The average molecular weight is 269 g/mol. The molecule has 1 aromatic rings. The molecule has 2 rings (SSSR count). The summed E-state index contributed by atoms with van der Waals surface area (Å²) in [7, 11) is 1.97. The lowest BCUT2D eigenvalue weighted by Gasteiger charge is -2.37. The first-order chi connectivity index (χ1) is 8.90. The monoisotopic (exact) mass is 269 g/mol. The Kier molecular flexibility index (Phi) is 3.71. The number of anilines is 1. The summed E-state index contributed by atoms with van der Waals surface area (Å²) in [5.74, 6) is -2.06. The third kappa shape index (κ3) is 2.68. The number of amides is 1. The van der Waals surface area contributed by atoms with Crippen molar-refractivity contribution in [2.45, 2.75) is 13.0 Å². The highest BCUT2D eigenvalue weighted by atomic mass is 19.1. The van der Waals surface area contributed by atoms with E-state index in [2.05, 4.69) is 4.90 Å². The molecule has 0 aliphatic carbocycles. The summed E-state index contributed by atoms with van der Waals surface area (Å²) in [6, 6.07) is 1.96. The molecule has 1 atom stereocenters. The number of benzene rings is 1. The number of carbonyl (C=O) groups excluding carboxylic acids is 1. The molecule has 1 aliphatic heterocycles. The van der Waals surface area contributed by atoms with Crippen molar-refractivity contribution in [2.75, 3.05) is 32.4 Å². The molecule has 6 heteroatoms. The number of rotatable bonds is 1. The van der Waals surface area contributed by atoms with E-state index in [0.717, 1.165) is 12.1 Å². The zero-order valence-electron chi connectivity index (χ0n) is 11.0. The second-order valence-electron chi connectivity index (χ2n) is 4.94. The first-order valence-electron chi connectivity index (χ1n) is 6.14. The fourth-order valence-corrected chi connectivity index (χ4v) is 2.17. The van der Waals surface area contributed by atoms with Crippen LogP contribution < -0.4 is 5.73 Å². The summed E-state index contributed by atoms with van der Waals surface area (Å²) in [4.78, 5) is 15.9. The van der Waals surface area contributed by atoms with Gasteiger partial charge in [-0.15, -0.1) is 0 Å². The van der Waals surface area contributed by atoms with Crippen LogP contribution in [0.3, 0.4) is 0 Å². The number of nitrogens with two attached hydrogens (primary N) is 1. The highest BCUT2D eigenvalue weighted by Gasteiger charge is 2.27. The van der Waals surface area contributed by atoms with Gasteiger partial charge >= 0.3 is 0 Å². The third-order valence-corrected chi connectivity index (χ3v) is 3.54. The van der Waals surface area contributed by atoms with Gasteiger partial charge in [0.05, 0.1) is 11.3 Å². The fraction of sp³-hybridized carbons (Fsp3) is 0.462. The molecule has 1 fully saturated rings. The van der Waals surface area contributed by atoms with E-state index in [4.69, 9.17) is 5.73 Å².